The number of nitrogens with zero attached hydrogens (tertiary/aromatic N) is 4. The van der Waals surface area contributed by atoms with E-state index < -0.39 is 21.4 Å². The highest BCUT2D eigenvalue weighted by atomic mass is 35.5. The largest absolute Gasteiger partial charge is 0.315 e. The summed E-state index contributed by atoms with van der Waals surface area (Å²) in [5.74, 6) is 0.547. The van der Waals surface area contributed by atoms with Crippen LogP contribution >= 0.6 is 11.6 Å². The molecule has 4 rings (SSSR count). The number of aromatic nitrogens is 3. The van der Waals surface area contributed by atoms with E-state index in [4.69, 9.17) is 11.6 Å². The Kier molecular flexibility index (Phi) is 6.72. The maximum Gasteiger partial charge on any atom is 0.264 e. The molecule has 7 nitrogen and oxygen atoms in total. The van der Waals surface area contributed by atoms with Crippen molar-refractivity contribution >= 4 is 27.3 Å². The summed E-state index contributed by atoms with van der Waals surface area (Å²) in [6, 6.07) is 10.9. The molecule has 0 unspecified atom stereocenters. The second-order valence-corrected chi connectivity index (χ2v) is 11.5. The van der Waals surface area contributed by atoms with Crippen LogP contribution in [-0.2, 0) is 16.4 Å². The van der Waals surface area contributed by atoms with E-state index in [1.807, 2.05) is 11.5 Å². The summed E-state index contributed by atoms with van der Waals surface area (Å²) in [5, 5.41) is 12.0. The lowest BCUT2D eigenvalue weighted by molar-refractivity contribution is 0.527. The summed E-state index contributed by atoms with van der Waals surface area (Å²) >= 11 is 6.23. The molecule has 1 fully saturated rings. The Balaban J connectivity index is 2.00. The molecule has 1 aliphatic heterocycles. The first-order valence-electron chi connectivity index (χ1n) is 11.3. The van der Waals surface area contributed by atoms with Crippen LogP contribution in [0.4, 0.5) is 10.1 Å². The number of anilines is 1. The number of hydrogen-bond donors (Lipinski definition) is 1. The first-order valence-corrected chi connectivity index (χ1v) is 13.1. The zero-order chi connectivity index (χ0) is 24.7. The van der Waals surface area contributed by atoms with Crippen molar-refractivity contribution in [2.75, 3.05) is 17.4 Å². The topological polar surface area (TPSA) is 80.1 Å². The first kappa shape index (κ1) is 24.6. The van der Waals surface area contributed by atoms with Gasteiger partial charge in [0.1, 0.15) is 11.6 Å². The van der Waals surface area contributed by atoms with Crippen LogP contribution in [0, 0.1) is 5.82 Å². The molecule has 0 aliphatic carbocycles. The summed E-state index contributed by atoms with van der Waals surface area (Å²) in [4.78, 5) is 0.113. The minimum Gasteiger partial charge on any atom is -0.315 e. The summed E-state index contributed by atoms with van der Waals surface area (Å²) in [6.45, 7) is 8.91. The average Bonchev–Trinajstić information content (AvgIpc) is 3.45. The van der Waals surface area contributed by atoms with Gasteiger partial charge in [0, 0.05) is 30.1 Å². The first-order chi connectivity index (χ1) is 16.1. The molecular weight excluding hydrogens is 477 g/mol. The van der Waals surface area contributed by atoms with E-state index in [1.165, 1.54) is 28.6 Å². The molecule has 0 saturated carbocycles. The SMILES string of the molecule is CCc1nnc(-c2cc(Cl)c(F)cc2N(C(C)(C)C)S(=O)(=O)c2ccccc2)n1[C@H]1CCNC1. The van der Waals surface area contributed by atoms with E-state index in [1.54, 1.807) is 39.0 Å². The number of rotatable bonds is 6. The van der Waals surface area contributed by atoms with Gasteiger partial charge in [-0.1, -0.05) is 36.7 Å². The summed E-state index contributed by atoms with van der Waals surface area (Å²) in [5.41, 5.74) is -0.336. The average molecular weight is 506 g/mol. The molecule has 34 heavy (non-hydrogen) atoms. The molecule has 1 saturated heterocycles. The summed E-state index contributed by atoms with van der Waals surface area (Å²) < 4.78 is 45.9. The lowest BCUT2D eigenvalue weighted by atomic mass is 10.0. The molecule has 1 aliphatic rings. The van der Waals surface area contributed by atoms with E-state index >= 15 is 0 Å². The minimum absolute atomic E-state index is 0.102. The molecule has 0 spiro atoms. The molecule has 0 amide bonds. The fourth-order valence-corrected chi connectivity index (χ4v) is 6.43. The van der Waals surface area contributed by atoms with Gasteiger partial charge in [0.25, 0.3) is 10.0 Å². The van der Waals surface area contributed by atoms with Crippen molar-refractivity contribution in [1.82, 2.24) is 20.1 Å². The predicted molar refractivity (Wildman–Crippen MR) is 132 cm³/mol. The van der Waals surface area contributed by atoms with Gasteiger partial charge in [-0.15, -0.1) is 10.2 Å². The second-order valence-electron chi connectivity index (χ2n) is 9.35. The number of aryl methyl sites for hydroxylation is 1. The molecule has 182 valence electrons. The predicted octanol–water partition coefficient (Wildman–Crippen LogP) is 4.83. The van der Waals surface area contributed by atoms with Crippen LogP contribution in [0.3, 0.4) is 0 Å². The number of sulfonamides is 1. The Morgan fingerprint density at radius 3 is 2.50 bits per heavy atom. The number of benzene rings is 2. The van der Waals surface area contributed by atoms with Crippen LogP contribution in [0.5, 0.6) is 0 Å². The zero-order valence-corrected chi connectivity index (χ0v) is 21.3. The summed E-state index contributed by atoms with van der Waals surface area (Å²) in [6.07, 6.45) is 1.53. The van der Waals surface area contributed by atoms with E-state index in [2.05, 4.69) is 15.5 Å². The van der Waals surface area contributed by atoms with Gasteiger partial charge in [-0.25, -0.2) is 12.8 Å². The molecule has 2 heterocycles. The highest BCUT2D eigenvalue weighted by Gasteiger charge is 2.38. The van der Waals surface area contributed by atoms with Crippen LogP contribution in [0.25, 0.3) is 11.4 Å². The molecule has 10 heteroatoms. The van der Waals surface area contributed by atoms with E-state index in [-0.39, 0.29) is 21.6 Å². The van der Waals surface area contributed by atoms with Crippen LogP contribution in [-0.4, -0.2) is 41.8 Å². The van der Waals surface area contributed by atoms with Gasteiger partial charge in [-0.05, 0) is 51.9 Å². The van der Waals surface area contributed by atoms with Crippen molar-refractivity contribution < 1.29 is 12.8 Å². The molecule has 3 aromatic rings. The highest BCUT2D eigenvalue weighted by molar-refractivity contribution is 7.93. The van der Waals surface area contributed by atoms with Gasteiger partial charge < -0.3 is 9.88 Å². The van der Waals surface area contributed by atoms with Crippen LogP contribution in [0.1, 0.15) is 46.0 Å². The molecule has 0 radical (unpaired) electrons. The minimum atomic E-state index is -4.05. The van der Waals surface area contributed by atoms with E-state index in [9.17, 15) is 12.8 Å². The van der Waals surface area contributed by atoms with Crippen molar-refractivity contribution in [1.29, 1.82) is 0 Å². The van der Waals surface area contributed by atoms with Crippen molar-refractivity contribution in [3.63, 3.8) is 0 Å². The molecule has 1 N–H and O–H groups in total. The van der Waals surface area contributed by atoms with Crippen molar-refractivity contribution in [3.8, 4) is 11.4 Å². The monoisotopic (exact) mass is 505 g/mol. The summed E-state index contributed by atoms with van der Waals surface area (Å²) in [7, 11) is -4.05. The van der Waals surface area contributed by atoms with Crippen molar-refractivity contribution in [3.05, 3.63) is 59.1 Å². The van der Waals surface area contributed by atoms with Gasteiger partial charge >= 0.3 is 0 Å². The Morgan fingerprint density at radius 1 is 1.21 bits per heavy atom. The number of nitrogens with one attached hydrogen (secondary N) is 1. The van der Waals surface area contributed by atoms with Gasteiger partial charge in [0.15, 0.2) is 5.82 Å². The Labute approximate surface area is 205 Å². The van der Waals surface area contributed by atoms with Crippen molar-refractivity contribution in [2.24, 2.45) is 0 Å². The van der Waals surface area contributed by atoms with Gasteiger partial charge in [-0.2, -0.15) is 0 Å². The highest BCUT2D eigenvalue weighted by Crippen LogP contribution is 2.41. The van der Waals surface area contributed by atoms with Gasteiger partial charge in [0.05, 0.1) is 21.6 Å². The molecule has 1 atom stereocenters. The third-order valence-corrected chi connectivity index (χ3v) is 8.25. The van der Waals surface area contributed by atoms with E-state index in [0.29, 0.717) is 17.8 Å². The van der Waals surface area contributed by atoms with Gasteiger partial charge in [0.2, 0.25) is 0 Å². The Hall–Kier alpha value is -2.49. The van der Waals surface area contributed by atoms with E-state index in [0.717, 1.165) is 25.3 Å². The number of hydrogen-bond acceptors (Lipinski definition) is 5. The Morgan fingerprint density at radius 2 is 1.91 bits per heavy atom. The fraction of sp³-hybridized carbons (Fsp3) is 0.417. The maximum atomic E-state index is 14.9. The van der Waals surface area contributed by atoms with Crippen molar-refractivity contribution in [2.45, 2.75) is 57.0 Å². The van der Waals surface area contributed by atoms with Crippen LogP contribution in [0.2, 0.25) is 5.02 Å². The lowest BCUT2D eigenvalue weighted by Crippen LogP contribution is -2.46. The Bertz CT molecular complexity index is 1280. The lowest BCUT2D eigenvalue weighted by Gasteiger charge is -2.37. The molecular formula is C24H29ClFN5O2S. The van der Waals surface area contributed by atoms with Crippen LogP contribution < -0.4 is 9.62 Å². The fourth-order valence-electron chi connectivity index (χ4n) is 4.42. The smallest absolute Gasteiger partial charge is 0.264 e. The van der Waals surface area contributed by atoms with Crippen LogP contribution in [0.15, 0.2) is 47.4 Å². The second kappa shape index (κ2) is 9.28. The standard InChI is InChI=1S/C24H29ClFN5O2S/c1-5-22-28-29-23(30(22)16-11-12-27-15-16)18-13-19(25)20(26)14-21(18)31(24(2,3)4)34(32,33)17-9-7-6-8-10-17/h6-10,13-14,16,27H,5,11-12,15H2,1-4H3/t16-/m0/s1. The quantitative estimate of drug-likeness (QED) is 0.519. The normalized spacial score (nSPS) is 16.7. The third kappa shape index (κ3) is 4.44. The van der Waals surface area contributed by atoms with Gasteiger partial charge in [-0.3, -0.25) is 4.31 Å². The maximum absolute atomic E-state index is 14.9. The molecule has 0 bridgehead atoms. The molecule has 1 aromatic heterocycles. The third-order valence-electron chi connectivity index (χ3n) is 5.87. The number of halogens is 2. The molecule has 2 aromatic carbocycles. The zero-order valence-electron chi connectivity index (χ0n) is 19.7.